The molecule has 1 N–H and O–H groups in total. The maximum Gasteiger partial charge on any atom is 0.240 e. The smallest absolute Gasteiger partial charge is 0.240 e. The Bertz CT molecular complexity index is 679. The number of hydrogen-bond acceptors (Lipinski definition) is 4. The Labute approximate surface area is 127 Å². The van der Waals surface area contributed by atoms with Crippen molar-refractivity contribution in [2.45, 2.75) is 31.2 Å². The Morgan fingerprint density at radius 2 is 1.95 bits per heavy atom. The van der Waals surface area contributed by atoms with Crippen LogP contribution < -0.4 is 4.72 Å². The van der Waals surface area contributed by atoms with E-state index in [9.17, 15) is 8.42 Å². The van der Waals surface area contributed by atoms with Crippen molar-refractivity contribution in [1.82, 2.24) is 9.71 Å². The maximum atomic E-state index is 12.1. The van der Waals surface area contributed by atoms with Crippen LogP contribution in [0.1, 0.15) is 30.5 Å². The quantitative estimate of drug-likeness (QED) is 0.914. The fraction of sp³-hybridized carbons (Fsp3) is 0.308. The summed E-state index contributed by atoms with van der Waals surface area (Å²) in [5.74, 6) is 0.341. The van der Waals surface area contributed by atoms with Gasteiger partial charge in [0.2, 0.25) is 10.0 Å². The van der Waals surface area contributed by atoms with E-state index in [0.29, 0.717) is 10.9 Å². The maximum absolute atomic E-state index is 12.1. The third-order valence-corrected chi connectivity index (χ3v) is 5.23. The Balaban J connectivity index is 2.07. The predicted octanol–water partition coefficient (Wildman–Crippen LogP) is 3.40. The first-order chi connectivity index (χ1) is 9.38. The van der Waals surface area contributed by atoms with Crippen molar-refractivity contribution >= 4 is 33.0 Å². The minimum atomic E-state index is -3.53. The SMILES string of the molecule is CC(C)c1csc(CNS(=O)(=O)c2ccc(Cl)cc2)n1. The molecular formula is C13H15ClN2O2S2. The molecular weight excluding hydrogens is 316 g/mol. The van der Waals surface area contributed by atoms with Crippen molar-refractivity contribution in [2.75, 3.05) is 0 Å². The summed E-state index contributed by atoms with van der Waals surface area (Å²) in [4.78, 5) is 4.59. The lowest BCUT2D eigenvalue weighted by Gasteiger charge is -2.05. The van der Waals surface area contributed by atoms with Crippen molar-refractivity contribution < 1.29 is 8.42 Å². The minimum Gasteiger partial charge on any atom is -0.245 e. The number of benzene rings is 1. The number of nitrogens with one attached hydrogen (secondary N) is 1. The molecule has 108 valence electrons. The average molecular weight is 331 g/mol. The normalized spacial score (nSPS) is 12.0. The third-order valence-electron chi connectivity index (χ3n) is 2.70. The standard InChI is InChI=1S/C13H15ClN2O2S2/c1-9(2)12-8-19-13(16-12)7-15-20(17,18)11-5-3-10(14)4-6-11/h3-6,8-9,15H,7H2,1-2H3. The first-order valence-corrected chi connectivity index (χ1v) is 8.82. The molecule has 0 amide bonds. The summed E-state index contributed by atoms with van der Waals surface area (Å²) in [6.07, 6.45) is 0. The Morgan fingerprint density at radius 3 is 2.50 bits per heavy atom. The number of rotatable bonds is 5. The Kier molecular flexibility index (Phi) is 4.80. The molecule has 7 heteroatoms. The van der Waals surface area contributed by atoms with Crippen LogP contribution in [0.4, 0.5) is 0 Å². The first kappa shape index (κ1) is 15.4. The fourth-order valence-corrected chi connectivity index (χ4v) is 3.63. The summed E-state index contributed by atoms with van der Waals surface area (Å²) < 4.78 is 26.7. The van der Waals surface area contributed by atoms with Gasteiger partial charge in [-0.1, -0.05) is 25.4 Å². The Morgan fingerprint density at radius 1 is 1.30 bits per heavy atom. The van der Waals surface area contributed by atoms with Gasteiger partial charge in [0.25, 0.3) is 0 Å². The number of sulfonamides is 1. The van der Waals surface area contributed by atoms with Crippen LogP contribution in [0.2, 0.25) is 5.02 Å². The summed E-state index contributed by atoms with van der Waals surface area (Å²) in [6.45, 7) is 4.30. The van der Waals surface area contributed by atoms with E-state index in [1.54, 1.807) is 12.1 Å². The van der Waals surface area contributed by atoms with Gasteiger partial charge in [-0.15, -0.1) is 11.3 Å². The molecule has 0 radical (unpaired) electrons. The average Bonchev–Trinajstić information content (AvgIpc) is 2.86. The van der Waals surface area contributed by atoms with E-state index in [-0.39, 0.29) is 11.4 Å². The Hall–Kier alpha value is -0.950. The summed E-state index contributed by atoms with van der Waals surface area (Å²) in [5.41, 5.74) is 0.982. The van der Waals surface area contributed by atoms with Gasteiger partial charge < -0.3 is 0 Å². The minimum absolute atomic E-state index is 0.197. The lowest BCUT2D eigenvalue weighted by molar-refractivity contribution is 0.581. The molecule has 4 nitrogen and oxygen atoms in total. The topological polar surface area (TPSA) is 59.1 Å². The number of nitrogens with zero attached hydrogens (tertiary/aromatic N) is 1. The molecule has 0 aliphatic rings. The van der Waals surface area contributed by atoms with Crippen LogP contribution in [0.15, 0.2) is 34.5 Å². The number of hydrogen-bond donors (Lipinski definition) is 1. The second-order valence-corrected chi connectivity index (χ2v) is 7.75. The first-order valence-electron chi connectivity index (χ1n) is 6.08. The predicted molar refractivity (Wildman–Crippen MR) is 81.7 cm³/mol. The van der Waals surface area contributed by atoms with Crippen molar-refractivity contribution in [2.24, 2.45) is 0 Å². The second kappa shape index (κ2) is 6.22. The van der Waals surface area contributed by atoms with Crippen molar-refractivity contribution in [3.8, 4) is 0 Å². The number of aromatic nitrogens is 1. The number of halogens is 1. The zero-order chi connectivity index (χ0) is 14.8. The van der Waals surface area contributed by atoms with Gasteiger partial charge in [0.1, 0.15) is 5.01 Å². The zero-order valence-corrected chi connectivity index (χ0v) is 13.5. The molecule has 1 heterocycles. The van der Waals surface area contributed by atoms with E-state index < -0.39 is 10.0 Å². The van der Waals surface area contributed by atoms with Crippen molar-refractivity contribution in [3.05, 3.63) is 45.4 Å². The van der Waals surface area contributed by atoms with Crippen LogP contribution in [-0.2, 0) is 16.6 Å². The third kappa shape index (κ3) is 3.79. The van der Waals surface area contributed by atoms with E-state index in [1.807, 2.05) is 5.38 Å². The summed E-state index contributed by atoms with van der Waals surface area (Å²) in [7, 11) is -3.53. The lowest BCUT2D eigenvalue weighted by atomic mass is 10.2. The van der Waals surface area contributed by atoms with Crippen molar-refractivity contribution in [3.63, 3.8) is 0 Å². The van der Waals surface area contributed by atoms with E-state index in [0.717, 1.165) is 10.7 Å². The monoisotopic (exact) mass is 330 g/mol. The van der Waals surface area contributed by atoms with Crippen LogP contribution in [0.3, 0.4) is 0 Å². The summed E-state index contributed by atoms with van der Waals surface area (Å²) in [5, 5.41) is 3.22. The molecule has 2 rings (SSSR count). The highest BCUT2D eigenvalue weighted by molar-refractivity contribution is 7.89. The van der Waals surface area contributed by atoms with E-state index in [1.165, 1.54) is 23.5 Å². The molecule has 0 unspecified atom stereocenters. The molecule has 0 spiro atoms. The second-order valence-electron chi connectivity index (χ2n) is 4.60. The summed E-state index contributed by atoms with van der Waals surface area (Å²) in [6, 6.07) is 6.06. The van der Waals surface area contributed by atoms with E-state index >= 15 is 0 Å². The summed E-state index contributed by atoms with van der Waals surface area (Å²) >= 11 is 7.20. The van der Waals surface area contributed by atoms with Gasteiger partial charge >= 0.3 is 0 Å². The molecule has 0 bridgehead atoms. The van der Waals surface area contributed by atoms with Crippen LogP contribution in [-0.4, -0.2) is 13.4 Å². The van der Waals surface area contributed by atoms with E-state index in [2.05, 4.69) is 23.6 Å². The van der Waals surface area contributed by atoms with Crippen molar-refractivity contribution in [1.29, 1.82) is 0 Å². The molecule has 0 saturated carbocycles. The van der Waals surface area contributed by atoms with Gasteiger partial charge in [-0.25, -0.2) is 18.1 Å². The number of thiazole rings is 1. The highest BCUT2D eigenvalue weighted by Crippen LogP contribution is 2.18. The molecule has 0 saturated heterocycles. The van der Waals surface area contributed by atoms with Gasteiger partial charge in [0.05, 0.1) is 17.1 Å². The van der Waals surface area contributed by atoms with Gasteiger partial charge in [-0.05, 0) is 30.2 Å². The van der Waals surface area contributed by atoms with Gasteiger partial charge in [-0.3, -0.25) is 0 Å². The molecule has 0 aliphatic carbocycles. The highest BCUT2D eigenvalue weighted by Gasteiger charge is 2.14. The molecule has 0 fully saturated rings. The molecule has 20 heavy (non-hydrogen) atoms. The molecule has 1 aromatic carbocycles. The van der Waals surface area contributed by atoms with Gasteiger partial charge in [0, 0.05) is 10.4 Å². The largest absolute Gasteiger partial charge is 0.245 e. The van der Waals surface area contributed by atoms with Gasteiger partial charge in [-0.2, -0.15) is 0 Å². The molecule has 1 aromatic heterocycles. The zero-order valence-electron chi connectivity index (χ0n) is 11.1. The van der Waals surface area contributed by atoms with Gasteiger partial charge in [0.15, 0.2) is 0 Å². The molecule has 0 atom stereocenters. The highest BCUT2D eigenvalue weighted by atomic mass is 35.5. The van der Waals surface area contributed by atoms with Crippen LogP contribution >= 0.6 is 22.9 Å². The van der Waals surface area contributed by atoms with Crippen LogP contribution in [0.25, 0.3) is 0 Å². The van der Waals surface area contributed by atoms with Crippen LogP contribution in [0.5, 0.6) is 0 Å². The van der Waals surface area contributed by atoms with E-state index in [4.69, 9.17) is 11.6 Å². The molecule has 0 aliphatic heterocycles. The van der Waals surface area contributed by atoms with Crippen LogP contribution in [0, 0.1) is 0 Å². The molecule has 2 aromatic rings. The fourth-order valence-electron chi connectivity index (χ4n) is 1.53. The lowest BCUT2D eigenvalue weighted by Crippen LogP contribution is -2.23.